The molecule has 0 aliphatic carbocycles. The third-order valence-electron chi connectivity index (χ3n) is 3.54. The highest BCUT2D eigenvalue weighted by atomic mass is 35.5. The number of alkyl halides is 1. The van der Waals surface area contributed by atoms with E-state index in [4.69, 9.17) is 11.6 Å². The molecule has 0 amide bonds. The molecule has 1 N–H and O–H groups in total. The van der Waals surface area contributed by atoms with Gasteiger partial charge >= 0.3 is 0 Å². The van der Waals surface area contributed by atoms with Crippen LogP contribution in [0.15, 0.2) is 18.5 Å². The third-order valence-corrected chi connectivity index (χ3v) is 4.11. The van der Waals surface area contributed by atoms with Crippen LogP contribution in [0.1, 0.15) is 37.8 Å². The lowest BCUT2D eigenvalue weighted by Crippen LogP contribution is -2.34. The fourth-order valence-corrected chi connectivity index (χ4v) is 2.39. The van der Waals surface area contributed by atoms with Crippen LogP contribution in [0, 0.1) is 12.3 Å². The average molecular weight is 255 g/mol. The summed E-state index contributed by atoms with van der Waals surface area (Å²) in [6.07, 6.45) is 6.03. The van der Waals surface area contributed by atoms with Gasteiger partial charge in [0.05, 0.1) is 0 Å². The van der Waals surface area contributed by atoms with Crippen LogP contribution in [0.2, 0.25) is 0 Å². The molecule has 1 aromatic rings. The van der Waals surface area contributed by atoms with Gasteiger partial charge in [0.1, 0.15) is 0 Å². The van der Waals surface area contributed by atoms with Gasteiger partial charge < -0.3 is 5.32 Å². The van der Waals surface area contributed by atoms with E-state index >= 15 is 0 Å². The fourth-order valence-electron chi connectivity index (χ4n) is 1.92. The van der Waals surface area contributed by atoms with Gasteiger partial charge in [0, 0.05) is 31.4 Å². The third kappa shape index (κ3) is 4.29. The molecule has 0 fully saturated rings. The molecule has 0 atom stereocenters. The predicted octanol–water partition coefficient (Wildman–Crippen LogP) is 3.52. The van der Waals surface area contributed by atoms with Gasteiger partial charge in [0.2, 0.25) is 0 Å². The van der Waals surface area contributed by atoms with Gasteiger partial charge in [-0.1, -0.05) is 19.9 Å². The van der Waals surface area contributed by atoms with E-state index in [2.05, 4.69) is 37.1 Å². The second kappa shape index (κ2) is 6.97. The first-order valence-corrected chi connectivity index (χ1v) is 6.86. The molecule has 0 radical (unpaired) electrons. The fraction of sp³-hybridized carbons (Fsp3) is 0.643. The van der Waals surface area contributed by atoms with E-state index in [0.29, 0.717) is 0 Å². The van der Waals surface area contributed by atoms with Crippen molar-refractivity contribution in [3.8, 4) is 0 Å². The standard InChI is InChI=1S/C14H23ClN2/c1-4-14(5-2,10-15)11-17-9-13-6-12(3)7-16-8-13/h6-8,17H,4-5,9-11H2,1-3H3. The summed E-state index contributed by atoms with van der Waals surface area (Å²) in [6, 6.07) is 2.17. The Labute approximate surface area is 110 Å². The maximum Gasteiger partial charge on any atom is 0.0313 e. The maximum atomic E-state index is 6.08. The van der Waals surface area contributed by atoms with E-state index < -0.39 is 0 Å². The summed E-state index contributed by atoms with van der Waals surface area (Å²) >= 11 is 6.08. The average Bonchev–Trinajstić information content (AvgIpc) is 2.35. The second-order valence-corrected chi connectivity index (χ2v) is 5.08. The summed E-state index contributed by atoms with van der Waals surface area (Å²) in [5.41, 5.74) is 2.68. The van der Waals surface area contributed by atoms with Crippen LogP contribution < -0.4 is 5.32 Å². The first kappa shape index (κ1) is 14.5. The molecule has 3 heteroatoms. The van der Waals surface area contributed by atoms with Gasteiger partial charge in [-0.3, -0.25) is 4.98 Å². The lowest BCUT2D eigenvalue weighted by molar-refractivity contribution is 0.286. The highest BCUT2D eigenvalue weighted by Crippen LogP contribution is 2.26. The van der Waals surface area contributed by atoms with Crippen molar-refractivity contribution in [1.82, 2.24) is 10.3 Å². The highest BCUT2D eigenvalue weighted by Gasteiger charge is 2.24. The number of nitrogens with zero attached hydrogens (tertiary/aromatic N) is 1. The van der Waals surface area contributed by atoms with E-state index in [1.54, 1.807) is 0 Å². The predicted molar refractivity (Wildman–Crippen MR) is 74.4 cm³/mol. The molecule has 1 aromatic heterocycles. The Hall–Kier alpha value is -0.600. The zero-order valence-corrected chi connectivity index (χ0v) is 11.8. The number of rotatable bonds is 7. The van der Waals surface area contributed by atoms with Crippen LogP contribution in [-0.4, -0.2) is 17.4 Å². The van der Waals surface area contributed by atoms with Crippen molar-refractivity contribution in [1.29, 1.82) is 0 Å². The Morgan fingerprint density at radius 3 is 2.53 bits per heavy atom. The molecule has 1 heterocycles. The Balaban J connectivity index is 2.46. The van der Waals surface area contributed by atoms with Gasteiger partial charge in [-0.25, -0.2) is 0 Å². The van der Waals surface area contributed by atoms with Crippen LogP contribution in [0.25, 0.3) is 0 Å². The summed E-state index contributed by atoms with van der Waals surface area (Å²) in [5, 5.41) is 3.50. The second-order valence-electron chi connectivity index (χ2n) is 4.81. The van der Waals surface area contributed by atoms with E-state index in [1.807, 2.05) is 12.4 Å². The minimum Gasteiger partial charge on any atom is -0.312 e. The zero-order chi connectivity index (χ0) is 12.7. The molecule has 0 aliphatic heterocycles. The van der Waals surface area contributed by atoms with E-state index in [0.717, 1.165) is 31.8 Å². The van der Waals surface area contributed by atoms with Crippen molar-refractivity contribution in [3.63, 3.8) is 0 Å². The molecular weight excluding hydrogens is 232 g/mol. The first-order chi connectivity index (χ1) is 8.15. The van der Waals surface area contributed by atoms with E-state index in [9.17, 15) is 0 Å². The van der Waals surface area contributed by atoms with Crippen molar-refractivity contribution in [2.75, 3.05) is 12.4 Å². The van der Waals surface area contributed by atoms with Gasteiger partial charge in [-0.2, -0.15) is 0 Å². The zero-order valence-electron chi connectivity index (χ0n) is 11.1. The molecule has 0 saturated carbocycles. The Kier molecular flexibility index (Phi) is 5.93. The first-order valence-electron chi connectivity index (χ1n) is 6.33. The summed E-state index contributed by atoms with van der Waals surface area (Å²) in [6.45, 7) is 8.33. The van der Waals surface area contributed by atoms with Crippen molar-refractivity contribution in [2.24, 2.45) is 5.41 Å². The summed E-state index contributed by atoms with van der Waals surface area (Å²) in [5.74, 6) is 0.721. The minimum atomic E-state index is 0.235. The Morgan fingerprint density at radius 1 is 1.29 bits per heavy atom. The SMILES string of the molecule is CCC(CC)(CCl)CNCc1cncc(C)c1. The number of pyridine rings is 1. The van der Waals surface area contributed by atoms with Crippen molar-refractivity contribution in [2.45, 2.75) is 40.2 Å². The molecule has 96 valence electrons. The molecule has 0 aliphatic rings. The summed E-state index contributed by atoms with van der Waals surface area (Å²) in [7, 11) is 0. The molecule has 17 heavy (non-hydrogen) atoms. The van der Waals surface area contributed by atoms with Crippen LogP contribution in [0.3, 0.4) is 0 Å². The van der Waals surface area contributed by atoms with Crippen LogP contribution in [0.5, 0.6) is 0 Å². The minimum absolute atomic E-state index is 0.235. The molecule has 0 unspecified atom stereocenters. The van der Waals surface area contributed by atoms with Crippen LogP contribution in [0.4, 0.5) is 0 Å². The van der Waals surface area contributed by atoms with Crippen LogP contribution in [-0.2, 0) is 6.54 Å². The van der Waals surface area contributed by atoms with Crippen molar-refractivity contribution in [3.05, 3.63) is 29.6 Å². The summed E-state index contributed by atoms with van der Waals surface area (Å²) < 4.78 is 0. The quantitative estimate of drug-likeness (QED) is 0.753. The number of aromatic nitrogens is 1. The number of nitrogens with one attached hydrogen (secondary N) is 1. The van der Waals surface area contributed by atoms with E-state index in [1.165, 1.54) is 11.1 Å². The molecule has 1 rings (SSSR count). The molecule has 0 aromatic carbocycles. The lowest BCUT2D eigenvalue weighted by Gasteiger charge is -2.29. The normalized spacial score (nSPS) is 11.8. The monoisotopic (exact) mass is 254 g/mol. The Morgan fingerprint density at radius 2 is 2.00 bits per heavy atom. The van der Waals surface area contributed by atoms with Gasteiger partial charge in [0.15, 0.2) is 0 Å². The van der Waals surface area contributed by atoms with Crippen LogP contribution >= 0.6 is 11.6 Å². The van der Waals surface area contributed by atoms with Crippen molar-refractivity contribution >= 4 is 11.6 Å². The molecule has 0 bridgehead atoms. The molecule has 2 nitrogen and oxygen atoms in total. The van der Waals surface area contributed by atoms with Gasteiger partial charge in [0.25, 0.3) is 0 Å². The highest BCUT2D eigenvalue weighted by molar-refractivity contribution is 6.18. The van der Waals surface area contributed by atoms with Gasteiger partial charge in [-0.05, 0) is 36.3 Å². The Bertz CT molecular complexity index is 326. The van der Waals surface area contributed by atoms with Gasteiger partial charge in [-0.15, -0.1) is 11.6 Å². The number of halogens is 1. The number of aryl methyl sites for hydroxylation is 1. The van der Waals surface area contributed by atoms with Crippen molar-refractivity contribution < 1.29 is 0 Å². The lowest BCUT2D eigenvalue weighted by atomic mass is 9.84. The molecular formula is C14H23ClN2. The molecule has 0 saturated heterocycles. The smallest absolute Gasteiger partial charge is 0.0313 e. The largest absolute Gasteiger partial charge is 0.312 e. The van der Waals surface area contributed by atoms with E-state index in [-0.39, 0.29) is 5.41 Å². The topological polar surface area (TPSA) is 24.9 Å². The number of hydrogen-bond donors (Lipinski definition) is 1. The maximum absolute atomic E-state index is 6.08. The number of hydrogen-bond acceptors (Lipinski definition) is 2. The summed E-state index contributed by atoms with van der Waals surface area (Å²) in [4.78, 5) is 4.19. The molecule has 0 spiro atoms.